The van der Waals surface area contributed by atoms with Gasteiger partial charge in [-0.2, -0.15) is 13.2 Å². The molecule has 70 valence electrons. The lowest BCUT2D eigenvalue weighted by Crippen LogP contribution is -2.20. The van der Waals surface area contributed by atoms with E-state index < -0.39 is 11.9 Å². The number of rotatable bonds is 2. The molecule has 0 unspecified atom stereocenters. The van der Waals surface area contributed by atoms with Gasteiger partial charge in [-0.25, -0.2) is 0 Å². The molecule has 0 radical (unpaired) electrons. The first-order valence-corrected chi connectivity index (χ1v) is 3.72. The predicted octanol–water partition coefficient (Wildman–Crippen LogP) is 1.90. The van der Waals surface area contributed by atoms with Crippen molar-refractivity contribution in [2.45, 2.75) is 13.1 Å². The van der Waals surface area contributed by atoms with Crippen molar-refractivity contribution in [3.8, 4) is 0 Å². The fraction of sp³-hybridized carbons (Fsp3) is 0.333. The number of allylic oxidation sites excluding steroid dienone is 2. The highest BCUT2D eigenvalue weighted by Gasteiger charge is 2.33. The van der Waals surface area contributed by atoms with E-state index in [0.717, 1.165) is 0 Å². The molecule has 0 amide bonds. The lowest BCUT2D eigenvalue weighted by Gasteiger charge is -2.09. The first-order valence-electron chi connectivity index (χ1n) is 2.91. The van der Waals surface area contributed by atoms with Crippen molar-refractivity contribution >= 4 is 11.8 Å². The zero-order valence-corrected chi connectivity index (χ0v) is 7.22. The molecule has 0 rings (SSSR count). The Hall–Kier alpha value is -0.780. The number of hydrogen-bond acceptors (Lipinski definition) is 3. The van der Waals surface area contributed by atoms with Gasteiger partial charge in [0.1, 0.15) is 5.70 Å². The molecule has 0 heterocycles. The molecular formula is C6H9F3N2S. The van der Waals surface area contributed by atoms with Gasteiger partial charge in [0.2, 0.25) is 0 Å². The van der Waals surface area contributed by atoms with Crippen LogP contribution < -0.4 is 11.5 Å². The van der Waals surface area contributed by atoms with Crippen LogP contribution in [0.3, 0.4) is 0 Å². The summed E-state index contributed by atoms with van der Waals surface area (Å²) in [7, 11) is 0. The molecule has 0 aliphatic heterocycles. The first-order chi connectivity index (χ1) is 5.25. The molecule has 12 heavy (non-hydrogen) atoms. The fourth-order valence-corrected chi connectivity index (χ4v) is 1.07. The number of hydrogen-bond donors (Lipinski definition) is 2. The van der Waals surface area contributed by atoms with Crippen LogP contribution >= 0.6 is 11.8 Å². The van der Waals surface area contributed by atoms with Crippen LogP contribution in [0, 0.1) is 0 Å². The second kappa shape index (κ2) is 3.75. The van der Waals surface area contributed by atoms with E-state index in [1.807, 2.05) is 0 Å². The van der Waals surface area contributed by atoms with Gasteiger partial charge in [0.15, 0.2) is 0 Å². The monoisotopic (exact) mass is 198 g/mol. The molecule has 0 bridgehead atoms. The molecule has 6 heteroatoms. The summed E-state index contributed by atoms with van der Waals surface area (Å²) in [5.74, 6) is 0. The summed E-state index contributed by atoms with van der Waals surface area (Å²) in [5.41, 5.74) is 8.74. The predicted molar refractivity (Wildman–Crippen MR) is 43.9 cm³/mol. The van der Waals surface area contributed by atoms with Crippen LogP contribution in [0.4, 0.5) is 13.2 Å². The molecule has 0 aromatic carbocycles. The topological polar surface area (TPSA) is 52.0 Å². The smallest absolute Gasteiger partial charge is 0.394 e. The summed E-state index contributed by atoms with van der Waals surface area (Å²) < 4.78 is 35.6. The molecule has 4 N–H and O–H groups in total. The van der Waals surface area contributed by atoms with Gasteiger partial charge in [-0.1, -0.05) is 18.3 Å². The maximum atomic E-state index is 11.9. The summed E-state index contributed by atoms with van der Waals surface area (Å²) in [4.78, 5) is -0.0880. The summed E-state index contributed by atoms with van der Waals surface area (Å²) in [6.45, 7) is 4.48. The van der Waals surface area contributed by atoms with Crippen LogP contribution in [0.15, 0.2) is 22.2 Å². The van der Waals surface area contributed by atoms with E-state index in [-0.39, 0.29) is 9.93 Å². The summed E-state index contributed by atoms with van der Waals surface area (Å²) in [6.07, 6.45) is -4.49. The lowest BCUT2D eigenvalue weighted by atomic mass is 10.4. The van der Waals surface area contributed by atoms with E-state index in [1.54, 1.807) is 0 Å². The van der Waals surface area contributed by atoms with Gasteiger partial charge in [-0.05, 0) is 6.92 Å². The van der Waals surface area contributed by atoms with E-state index in [0.29, 0.717) is 11.8 Å². The number of halogens is 3. The van der Waals surface area contributed by atoms with Crippen LogP contribution in [0.2, 0.25) is 0 Å². The Morgan fingerprint density at radius 1 is 1.33 bits per heavy atom. The molecular weight excluding hydrogens is 189 g/mol. The zero-order chi connectivity index (χ0) is 9.94. The largest absolute Gasteiger partial charge is 0.431 e. The van der Waals surface area contributed by atoms with Crippen molar-refractivity contribution in [3.63, 3.8) is 0 Å². The SMILES string of the molecule is C=C(N)S/C(C)=C(\N)C(F)(F)F. The van der Waals surface area contributed by atoms with Gasteiger partial charge in [-0.3, -0.25) is 0 Å². The summed E-state index contributed by atoms with van der Waals surface area (Å²) >= 11 is 0.707. The van der Waals surface area contributed by atoms with Crippen molar-refractivity contribution < 1.29 is 13.2 Å². The fourth-order valence-electron chi connectivity index (χ4n) is 0.451. The maximum absolute atomic E-state index is 11.9. The standard InChI is InChI=1S/C6H9F3N2S/c1-3(12-4(2)10)5(11)6(7,8)9/h2,10-11H2,1H3/b5-3-. The third-order valence-corrected chi connectivity index (χ3v) is 1.76. The van der Waals surface area contributed by atoms with Crippen molar-refractivity contribution in [2.75, 3.05) is 0 Å². The van der Waals surface area contributed by atoms with Crippen LogP contribution in [-0.2, 0) is 0 Å². The molecule has 0 saturated carbocycles. The molecule has 0 aromatic heterocycles. The van der Waals surface area contributed by atoms with Crippen molar-refractivity contribution in [2.24, 2.45) is 11.5 Å². The number of thioether (sulfide) groups is 1. The Morgan fingerprint density at radius 2 is 1.75 bits per heavy atom. The Balaban J connectivity index is 4.58. The van der Waals surface area contributed by atoms with Crippen molar-refractivity contribution in [1.29, 1.82) is 0 Å². The van der Waals surface area contributed by atoms with E-state index in [2.05, 4.69) is 6.58 Å². The van der Waals surface area contributed by atoms with Gasteiger partial charge < -0.3 is 11.5 Å². The molecule has 0 saturated heterocycles. The summed E-state index contributed by atoms with van der Waals surface area (Å²) in [6, 6.07) is 0. The normalized spacial score (nSPS) is 14.0. The van der Waals surface area contributed by atoms with Gasteiger partial charge in [0, 0.05) is 4.91 Å². The molecule has 2 nitrogen and oxygen atoms in total. The average molecular weight is 198 g/mol. The molecule has 0 spiro atoms. The molecule has 0 aromatic rings. The maximum Gasteiger partial charge on any atom is 0.431 e. The second-order valence-electron chi connectivity index (χ2n) is 2.04. The van der Waals surface area contributed by atoms with Gasteiger partial charge in [-0.15, -0.1) is 0 Å². The van der Waals surface area contributed by atoms with Crippen LogP contribution in [0.5, 0.6) is 0 Å². The van der Waals surface area contributed by atoms with Gasteiger partial charge in [0.25, 0.3) is 0 Å². The van der Waals surface area contributed by atoms with Crippen LogP contribution in [0.25, 0.3) is 0 Å². The highest BCUT2D eigenvalue weighted by molar-refractivity contribution is 8.06. The lowest BCUT2D eigenvalue weighted by molar-refractivity contribution is -0.0929. The van der Waals surface area contributed by atoms with E-state index in [4.69, 9.17) is 11.5 Å². The van der Waals surface area contributed by atoms with E-state index >= 15 is 0 Å². The van der Waals surface area contributed by atoms with E-state index in [1.165, 1.54) is 6.92 Å². The first kappa shape index (κ1) is 11.2. The Labute approximate surface area is 72.5 Å². The second-order valence-corrected chi connectivity index (χ2v) is 3.38. The minimum Gasteiger partial charge on any atom is -0.394 e. The molecule has 0 fully saturated rings. The minimum absolute atomic E-state index is 0.0831. The van der Waals surface area contributed by atoms with Crippen molar-refractivity contribution in [1.82, 2.24) is 0 Å². The average Bonchev–Trinajstić information content (AvgIpc) is 1.82. The zero-order valence-electron chi connectivity index (χ0n) is 6.40. The highest BCUT2D eigenvalue weighted by Crippen LogP contribution is 2.30. The number of nitrogens with two attached hydrogens (primary N) is 2. The van der Waals surface area contributed by atoms with Gasteiger partial charge >= 0.3 is 6.18 Å². The van der Waals surface area contributed by atoms with Gasteiger partial charge in [0.05, 0.1) is 5.03 Å². The Kier molecular flexibility index (Phi) is 3.51. The third kappa shape index (κ3) is 3.56. The molecule has 0 atom stereocenters. The quantitative estimate of drug-likeness (QED) is 0.712. The van der Waals surface area contributed by atoms with Crippen molar-refractivity contribution in [3.05, 3.63) is 22.2 Å². The minimum atomic E-state index is -4.49. The van der Waals surface area contributed by atoms with Crippen LogP contribution in [-0.4, -0.2) is 6.18 Å². The highest BCUT2D eigenvalue weighted by atomic mass is 32.2. The van der Waals surface area contributed by atoms with E-state index in [9.17, 15) is 13.2 Å². The number of alkyl halides is 3. The molecule has 0 aliphatic rings. The Bertz CT molecular complexity index is 219. The Morgan fingerprint density at radius 3 is 2.00 bits per heavy atom. The third-order valence-electron chi connectivity index (χ3n) is 0.969. The summed E-state index contributed by atoms with van der Waals surface area (Å²) in [5, 5.41) is 0.0831. The molecule has 0 aliphatic carbocycles. The van der Waals surface area contributed by atoms with Crippen LogP contribution in [0.1, 0.15) is 6.92 Å².